The number of ether oxygens (including phenoxy) is 1. The van der Waals surface area contributed by atoms with Crippen LogP contribution in [0.1, 0.15) is 48.9 Å². The van der Waals surface area contributed by atoms with Crippen LogP contribution in [0.4, 0.5) is 0 Å². The van der Waals surface area contributed by atoms with Crippen LogP contribution in [-0.2, 0) is 29.2 Å². The molecule has 0 radical (unpaired) electrons. The van der Waals surface area contributed by atoms with E-state index < -0.39 is 44.2 Å². The standard InChI is InChI=1S/C20H26ClNO7S2/c1-30(25,26)16-7-8-18(21)17(11-16)20(24)29-12-19(23)22(14-5-3-2-4-6-14)15-9-10-31(27,28)13-15/h7-8,11,14-15H,2-6,9-10,12-13H2,1H3. The number of sulfone groups is 2. The number of hydrogen-bond donors (Lipinski definition) is 0. The number of esters is 1. The van der Waals surface area contributed by atoms with Crippen LogP contribution in [-0.4, -0.2) is 70.1 Å². The first kappa shape index (κ1) is 24.0. The van der Waals surface area contributed by atoms with Crippen molar-refractivity contribution in [2.24, 2.45) is 0 Å². The lowest BCUT2D eigenvalue weighted by atomic mass is 9.93. The third-order valence-corrected chi connectivity index (χ3v) is 8.96. The Bertz CT molecular complexity index is 1060. The second-order valence-corrected chi connectivity index (χ2v) is 12.8. The summed E-state index contributed by atoms with van der Waals surface area (Å²) in [7, 11) is -6.74. The Morgan fingerprint density at radius 2 is 1.81 bits per heavy atom. The van der Waals surface area contributed by atoms with Crippen LogP contribution in [0, 0.1) is 0 Å². The average Bonchev–Trinajstić information content (AvgIpc) is 3.05. The fourth-order valence-corrected chi connectivity index (χ4v) is 6.78. The van der Waals surface area contributed by atoms with Gasteiger partial charge in [0, 0.05) is 18.3 Å². The number of carbonyl (C=O) groups is 2. The van der Waals surface area contributed by atoms with Gasteiger partial charge in [-0.3, -0.25) is 4.79 Å². The first-order valence-electron chi connectivity index (χ1n) is 10.2. The predicted molar refractivity (Wildman–Crippen MR) is 116 cm³/mol. The van der Waals surface area contributed by atoms with E-state index in [0.717, 1.165) is 44.4 Å². The molecule has 1 saturated carbocycles. The summed E-state index contributed by atoms with van der Waals surface area (Å²) in [5, 5.41) is 0.0101. The van der Waals surface area contributed by atoms with Gasteiger partial charge in [0.05, 0.1) is 27.0 Å². The lowest BCUT2D eigenvalue weighted by molar-refractivity contribution is -0.140. The third-order valence-electron chi connectivity index (χ3n) is 5.77. The van der Waals surface area contributed by atoms with Gasteiger partial charge in [0.2, 0.25) is 0 Å². The fraction of sp³-hybridized carbons (Fsp3) is 0.600. The first-order valence-corrected chi connectivity index (χ1v) is 14.3. The van der Waals surface area contributed by atoms with E-state index in [1.54, 1.807) is 4.90 Å². The second kappa shape index (κ2) is 9.46. The summed E-state index contributed by atoms with van der Waals surface area (Å²) in [5.41, 5.74) is -0.148. The highest BCUT2D eigenvalue weighted by atomic mass is 35.5. The lowest BCUT2D eigenvalue weighted by Gasteiger charge is -2.38. The molecule has 11 heteroatoms. The maximum atomic E-state index is 13.0. The number of hydrogen-bond acceptors (Lipinski definition) is 7. The number of rotatable bonds is 6. The summed E-state index contributed by atoms with van der Waals surface area (Å²) >= 11 is 6.02. The average molecular weight is 492 g/mol. The number of amides is 1. The highest BCUT2D eigenvalue weighted by Gasteiger charge is 2.38. The molecule has 3 rings (SSSR count). The summed E-state index contributed by atoms with van der Waals surface area (Å²) in [5.74, 6) is -1.39. The van der Waals surface area contributed by atoms with Gasteiger partial charge in [-0.1, -0.05) is 30.9 Å². The van der Waals surface area contributed by atoms with Gasteiger partial charge in [0.25, 0.3) is 5.91 Å². The third kappa shape index (κ3) is 5.98. The van der Waals surface area contributed by atoms with Crippen LogP contribution in [0.2, 0.25) is 5.02 Å². The highest BCUT2D eigenvalue weighted by molar-refractivity contribution is 7.91. The molecular formula is C20H26ClNO7S2. The zero-order valence-electron chi connectivity index (χ0n) is 17.3. The summed E-state index contributed by atoms with van der Waals surface area (Å²) in [6.45, 7) is -0.564. The minimum atomic E-state index is -3.56. The number of nitrogens with zero attached hydrogens (tertiary/aromatic N) is 1. The molecule has 0 N–H and O–H groups in total. The molecule has 0 spiro atoms. The van der Waals surface area contributed by atoms with E-state index in [0.29, 0.717) is 6.42 Å². The molecule has 0 aromatic heterocycles. The van der Waals surface area contributed by atoms with Crippen molar-refractivity contribution in [2.75, 3.05) is 24.4 Å². The molecule has 1 aliphatic heterocycles. The SMILES string of the molecule is CS(=O)(=O)c1ccc(Cl)c(C(=O)OCC(=O)N(C2CCCCC2)C2CCS(=O)(=O)C2)c1. The van der Waals surface area contributed by atoms with E-state index in [2.05, 4.69) is 0 Å². The molecular weight excluding hydrogens is 466 g/mol. The molecule has 0 bridgehead atoms. The van der Waals surface area contributed by atoms with E-state index in [1.807, 2.05) is 0 Å². The minimum absolute atomic E-state index is 0.0101. The molecule has 2 fully saturated rings. The lowest BCUT2D eigenvalue weighted by Crippen LogP contribution is -2.50. The van der Waals surface area contributed by atoms with Crippen molar-refractivity contribution in [3.8, 4) is 0 Å². The van der Waals surface area contributed by atoms with Crippen molar-refractivity contribution in [2.45, 2.75) is 55.5 Å². The summed E-state index contributed by atoms with van der Waals surface area (Å²) < 4.78 is 52.6. The molecule has 1 amide bonds. The second-order valence-electron chi connectivity index (χ2n) is 8.14. The summed E-state index contributed by atoms with van der Waals surface area (Å²) in [4.78, 5) is 27.0. The maximum absolute atomic E-state index is 13.0. The van der Waals surface area contributed by atoms with Crippen molar-refractivity contribution in [1.82, 2.24) is 4.90 Å². The van der Waals surface area contributed by atoms with Gasteiger partial charge in [-0.15, -0.1) is 0 Å². The van der Waals surface area contributed by atoms with E-state index >= 15 is 0 Å². The quantitative estimate of drug-likeness (QED) is 0.560. The molecule has 2 aliphatic rings. The largest absolute Gasteiger partial charge is 0.452 e. The molecule has 1 aromatic rings. The molecule has 1 aliphatic carbocycles. The maximum Gasteiger partial charge on any atom is 0.340 e. The van der Waals surface area contributed by atoms with Crippen molar-refractivity contribution in [3.63, 3.8) is 0 Å². The zero-order valence-corrected chi connectivity index (χ0v) is 19.6. The van der Waals surface area contributed by atoms with E-state index in [-0.39, 0.29) is 33.0 Å². The molecule has 8 nitrogen and oxygen atoms in total. The van der Waals surface area contributed by atoms with Crippen molar-refractivity contribution >= 4 is 43.2 Å². The Morgan fingerprint density at radius 3 is 2.39 bits per heavy atom. The number of carbonyl (C=O) groups excluding carboxylic acids is 2. The Hall–Kier alpha value is -1.65. The van der Waals surface area contributed by atoms with Crippen LogP contribution >= 0.6 is 11.6 Å². The van der Waals surface area contributed by atoms with Gasteiger partial charge in [-0.05, 0) is 37.5 Å². The van der Waals surface area contributed by atoms with Crippen LogP contribution in [0.5, 0.6) is 0 Å². The van der Waals surface area contributed by atoms with Crippen LogP contribution in [0.15, 0.2) is 23.1 Å². The molecule has 1 atom stereocenters. The zero-order chi connectivity index (χ0) is 22.8. The van der Waals surface area contributed by atoms with Gasteiger partial charge in [0.1, 0.15) is 0 Å². The van der Waals surface area contributed by atoms with Crippen molar-refractivity contribution < 1.29 is 31.2 Å². The first-order chi connectivity index (χ1) is 14.5. The highest BCUT2D eigenvalue weighted by Crippen LogP contribution is 2.29. The van der Waals surface area contributed by atoms with E-state index in [9.17, 15) is 26.4 Å². The summed E-state index contributed by atoms with van der Waals surface area (Å²) in [6, 6.07) is 3.19. The van der Waals surface area contributed by atoms with Crippen molar-refractivity contribution in [3.05, 3.63) is 28.8 Å². The molecule has 1 aromatic carbocycles. The van der Waals surface area contributed by atoms with Gasteiger partial charge < -0.3 is 9.64 Å². The van der Waals surface area contributed by atoms with Crippen LogP contribution in [0.25, 0.3) is 0 Å². The smallest absolute Gasteiger partial charge is 0.340 e. The van der Waals surface area contributed by atoms with E-state index in [4.69, 9.17) is 16.3 Å². The minimum Gasteiger partial charge on any atom is -0.452 e. The fourth-order valence-electron chi connectivity index (χ4n) is 4.23. The van der Waals surface area contributed by atoms with Gasteiger partial charge in [-0.2, -0.15) is 0 Å². The Kier molecular flexibility index (Phi) is 7.32. The normalized spacial score (nSPS) is 21.5. The van der Waals surface area contributed by atoms with Gasteiger partial charge in [0.15, 0.2) is 26.3 Å². The molecule has 1 heterocycles. The Labute approximate surface area is 187 Å². The summed E-state index contributed by atoms with van der Waals surface area (Å²) in [6.07, 6.45) is 5.96. The predicted octanol–water partition coefficient (Wildman–Crippen LogP) is 2.25. The number of benzene rings is 1. The number of halogens is 1. The molecule has 31 heavy (non-hydrogen) atoms. The molecule has 172 valence electrons. The Morgan fingerprint density at radius 1 is 1.13 bits per heavy atom. The topological polar surface area (TPSA) is 115 Å². The van der Waals surface area contributed by atoms with Crippen LogP contribution < -0.4 is 0 Å². The molecule has 1 saturated heterocycles. The monoisotopic (exact) mass is 491 g/mol. The van der Waals surface area contributed by atoms with Gasteiger partial charge in [-0.25, -0.2) is 21.6 Å². The van der Waals surface area contributed by atoms with Gasteiger partial charge >= 0.3 is 5.97 Å². The Balaban J connectivity index is 1.74. The molecule has 1 unspecified atom stereocenters. The van der Waals surface area contributed by atoms with Crippen molar-refractivity contribution in [1.29, 1.82) is 0 Å². The van der Waals surface area contributed by atoms with Crippen LogP contribution in [0.3, 0.4) is 0 Å². The van der Waals surface area contributed by atoms with E-state index in [1.165, 1.54) is 12.1 Å².